The summed E-state index contributed by atoms with van der Waals surface area (Å²) in [7, 11) is 4.15. The third-order valence-corrected chi connectivity index (χ3v) is 3.92. The minimum Gasteiger partial charge on any atom is -0.503 e. The van der Waals surface area contributed by atoms with E-state index >= 15 is 0 Å². The van der Waals surface area contributed by atoms with Gasteiger partial charge in [-0.25, -0.2) is 0 Å². The van der Waals surface area contributed by atoms with E-state index in [1.807, 2.05) is 4.57 Å². The molecule has 5 nitrogen and oxygen atoms in total. The first kappa shape index (κ1) is 19.7. The molecule has 0 unspecified atom stereocenters. The summed E-state index contributed by atoms with van der Waals surface area (Å²) in [6.45, 7) is 9.07. The van der Waals surface area contributed by atoms with Crippen molar-refractivity contribution in [2.45, 2.75) is 52.6 Å². The largest absolute Gasteiger partial charge is 0.503 e. The Hall–Kier alpha value is -1.33. The first-order valence-electron chi connectivity index (χ1n) is 8.77. The first-order chi connectivity index (χ1) is 11.0. The average Bonchev–Trinajstić information content (AvgIpc) is 2.48. The van der Waals surface area contributed by atoms with Crippen molar-refractivity contribution in [2.75, 3.05) is 33.7 Å². The van der Waals surface area contributed by atoms with E-state index in [0.29, 0.717) is 0 Å². The monoisotopic (exact) mass is 323 g/mol. The summed E-state index contributed by atoms with van der Waals surface area (Å²) in [5.74, 6) is -0.154. The molecule has 23 heavy (non-hydrogen) atoms. The fourth-order valence-corrected chi connectivity index (χ4v) is 2.79. The Morgan fingerprint density at radius 3 is 2.30 bits per heavy atom. The van der Waals surface area contributed by atoms with Gasteiger partial charge in [-0.15, -0.1) is 0 Å². The molecule has 0 atom stereocenters. The third-order valence-electron chi connectivity index (χ3n) is 3.92. The highest BCUT2D eigenvalue weighted by molar-refractivity contribution is 5.20. The molecule has 0 aliphatic carbocycles. The van der Waals surface area contributed by atoms with Gasteiger partial charge in [-0.2, -0.15) is 0 Å². The van der Waals surface area contributed by atoms with Crippen molar-refractivity contribution in [1.82, 2.24) is 14.4 Å². The van der Waals surface area contributed by atoms with E-state index in [1.54, 1.807) is 12.3 Å². The summed E-state index contributed by atoms with van der Waals surface area (Å²) < 4.78 is 2.05. The fraction of sp³-hybridized carbons (Fsp3) is 0.722. The molecule has 0 fully saturated rings. The van der Waals surface area contributed by atoms with Gasteiger partial charge in [0.15, 0.2) is 5.75 Å². The van der Waals surface area contributed by atoms with E-state index in [9.17, 15) is 9.90 Å². The molecule has 0 radical (unpaired) electrons. The van der Waals surface area contributed by atoms with Crippen LogP contribution in [0.1, 0.15) is 45.2 Å². The van der Waals surface area contributed by atoms with Crippen LogP contribution in [0.4, 0.5) is 0 Å². The number of hydrogen-bond donors (Lipinski definition) is 1. The normalized spacial score (nSPS) is 11.6. The molecule has 0 saturated carbocycles. The lowest BCUT2D eigenvalue weighted by atomic mass is 10.2. The van der Waals surface area contributed by atoms with Crippen LogP contribution in [0.3, 0.4) is 0 Å². The van der Waals surface area contributed by atoms with Crippen LogP contribution in [0.15, 0.2) is 17.1 Å². The summed E-state index contributed by atoms with van der Waals surface area (Å²) in [6, 6.07) is 1.60. The van der Waals surface area contributed by atoms with Crippen molar-refractivity contribution < 1.29 is 5.11 Å². The van der Waals surface area contributed by atoms with Crippen LogP contribution in [-0.2, 0) is 13.1 Å². The maximum absolute atomic E-state index is 11.8. The number of aromatic nitrogens is 1. The molecule has 0 aromatic carbocycles. The van der Waals surface area contributed by atoms with Crippen LogP contribution in [0.25, 0.3) is 0 Å². The van der Waals surface area contributed by atoms with Crippen LogP contribution in [0.2, 0.25) is 0 Å². The quantitative estimate of drug-likeness (QED) is 0.636. The Kier molecular flexibility index (Phi) is 8.95. The summed E-state index contributed by atoms with van der Waals surface area (Å²) in [5.41, 5.74) is 0.719. The molecule has 0 bridgehead atoms. The molecule has 0 aliphatic heterocycles. The molecule has 1 aromatic heterocycles. The Balaban J connectivity index is 2.82. The van der Waals surface area contributed by atoms with Gasteiger partial charge in [0.05, 0.1) is 6.20 Å². The number of aromatic hydroxyl groups is 1. The molecular weight excluding hydrogens is 290 g/mol. The van der Waals surface area contributed by atoms with Crippen molar-refractivity contribution in [1.29, 1.82) is 0 Å². The minimum atomic E-state index is -0.280. The maximum atomic E-state index is 11.8. The highest BCUT2D eigenvalue weighted by Gasteiger charge is 2.10. The molecule has 0 amide bonds. The molecule has 0 saturated heterocycles. The zero-order valence-electron chi connectivity index (χ0n) is 15.2. The van der Waals surface area contributed by atoms with Crippen molar-refractivity contribution in [3.63, 3.8) is 0 Å². The highest BCUT2D eigenvalue weighted by Crippen LogP contribution is 2.11. The third kappa shape index (κ3) is 7.18. The van der Waals surface area contributed by atoms with E-state index in [2.05, 4.69) is 37.7 Å². The summed E-state index contributed by atoms with van der Waals surface area (Å²) in [4.78, 5) is 16.4. The first-order valence-corrected chi connectivity index (χ1v) is 8.77. The standard InChI is InChI=1S/C18H33N3O2/c1-5-9-20(10-6-2)14-16-13-17(22)18(23)15-21(16)12-8-7-11-19(3)4/h13,15,23H,5-12,14H2,1-4H3. The molecule has 1 aromatic rings. The summed E-state index contributed by atoms with van der Waals surface area (Å²) in [6.07, 6.45) is 5.95. The van der Waals surface area contributed by atoms with Crippen molar-refractivity contribution in [2.24, 2.45) is 0 Å². The van der Waals surface area contributed by atoms with E-state index in [0.717, 1.165) is 64.1 Å². The summed E-state index contributed by atoms with van der Waals surface area (Å²) in [5, 5.41) is 9.75. The van der Waals surface area contributed by atoms with Crippen molar-refractivity contribution in [3.8, 4) is 5.75 Å². The zero-order chi connectivity index (χ0) is 17.2. The zero-order valence-corrected chi connectivity index (χ0v) is 15.2. The number of unbranched alkanes of at least 4 members (excludes halogenated alkanes) is 1. The molecule has 1 rings (SSSR count). The van der Waals surface area contributed by atoms with E-state index < -0.39 is 0 Å². The van der Waals surface area contributed by atoms with Crippen molar-refractivity contribution in [3.05, 3.63) is 28.2 Å². The lowest BCUT2D eigenvalue weighted by molar-refractivity contribution is 0.257. The second kappa shape index (κ2) is 10.4. The van der Waals surface area contributed by atoms with Gasteiger partial charge in [-0.3, -0.25) is 9.69 Å². The van der Waals surface area contributed by atoms with Crippen molar-refractivity contribution >= 4 is 0 Å². The topological polar surface area (TPSA) is 48.7 Å². The van der Waals surface area contributed by atoms with Gasteiger partial charge in [0, 0.05) is 24.8 Å². The van der Waals surface area contributed by atoms with Gasteiger partial charge in [-0.05, 0) is 59.4 Å². The smallest absolute Gasteiger partial charge is 0.223 e. The number of rotatable bonds is 11. The summed E-state index contributed by atoms with van der Waals surface area (Å²) >= 11 is 0. The molecule has 5 heteroatoms. The van der Waals surface area contributed by atoms with E-state index in [1.165, 1.54) is 0 Å². The van der Waals surface area contributed by atoms with E-state index in [-0.39, 0.29) is 11.2 Å². The molecule has 1 N–H and O–H groups in total. The molecule has 1 heterocycles. The second-order valence-corrected chi connectivity index (χ2v) is 6.49. The predicted molar refractivity (Wildman–Crippen MR) is 96.0 cm³/mol. The number of pyridine rings is 1. The predicted octanol–water partition coefficient (Wildman–Crippen LogP) is 2.52. The Morgan fingerprint density at radius 2 is 1.74 bits per heavy atom. The average molecular weight is 323 g/mol. The van der Waals surface area contributed by atoms with Gasteiger partial charge in [0.1, 0.15) is 0 Å². The van der Waals surface area contributed by atoms with Gasteiger partial charge in [0.25, 0.3) is 0 Å². The number of hydrogen-bond acceptors (Lipinski definition) is 4. The van der Waals surface area contributed by atoms with Crippen LogP contribution >= 0.6 is 0 Å². The van der Waals surface area contributed by atoms with Crippen LogP contribution in [-0.4, -0.2) is 53.2 Å². The lowest BCUT2D eigenvalue weighted by Gasteiger charge is -2.23. The minimum absolute atomic E-state index is 0.154. The molecular formula is C18H33N3O2. The molecule has 0 aliphatic rings. The van der Waals surface area contributed by atoms with Crippen LogP contribution in [0, 0.1) is 0 Å². The Morgan fingerprint density at radius 1 is 1.09 bits per heavy atom. The second-order valence-electron chi connectivity index (χ2n) is 6.49. The fourth-order valence-electron chi connectivity index (χ4n) is 2.79. The SMILES string of the molecule is CCCN(CCC)Cc1cc(=O)c(O)cn1CCCCN(C)C. The van der Waals surface area contributed by atoms with Gasteiger partial charge in [-0.1, -0.05) is 13.8 Å². The molecule has 0 spiro atoms. The van der Waals surface area contributed by atoms with Gasteiger partial charge >= 0.3 is 0 Å². The number of aryl methyl sites for hydroxylation is 1. The number of nitrogens with zero attached hydrogens (tertiary/aromatic N) is 3. The van der Waals surface area contributed by atoms with Gasteiger partial charge < -0.3 is 14.6 Å². The van der Waals surface area contributed by atoms with Gasteiger partial charge in [0.2, 0.25) is 5.43 Å². The van der Waals surface area contributed by atoms with E-state index in [4.69, 9.17) is 0 Å². The lowest BCUT2D eigenvalue weighted by Crippen LogP contribution is -2.28. The van der Waals surface area contributed by atoms with Crippen LogP contribution < -0.4 is 5.43 Å². The molecule has 132 valence electrons. The Bertz CT molecular complexity index is 505. The highest BCUT2D eigenvalue weighted by atomic mass is 16.3. The maximum Gasteiger partial charge on any atom is 0.223 e. The van der Waals surface area contributed by atoms with Crippen LogP contribution in [0.5, 0.6) is 5.75 Å². The Labute approximate surface area is 140 Å².